The average molecular weight is 337 g/mol. The summed E-state index contributed by atoms with van der Waals surface area (Å²) in [5, 5.41) is 15.1. The summed E-state index contributed by atoms with van der Waals surface area (Å²) in [6.07, 6.45) is 4.13. The van der Waals surface area contributed by atoms with Gasteiger partial charge in [-0.2, -0.15) is 11.3 Å². The van der Waals surface area contributed by atoms with Gasteiger partial charge in [0.15, 0.2) is 0 Å². The van der Waals surface area contributed by atoms with Gasteiger partial charge >= 0.3 is 0 Å². The minimum Gasteiger partial charge on any atom is -0.387 e. The first kappa shape index (κ1) is 13.3. The van der Waals surface area contributed by atoms with Crippen LogP contribution in [0.3, 0.4) is 0 Å². The van der Waals surface area contributed by atoms with Gasteiger partial charge in [-0.1, -0.05) is 43.2 Å². The van der Waals surface area contributed by atoms with Gasteiger partial charge in [0, 0.05) is 20.8 Å². The Bertz CT molecular complexity index is 543. The fraction of sp³-hybridized carbons (Fsp3) is 0.375. The van der Waals surface area contributed by atoms with Crippen molar-refractivity contribution in [2.75, 3.05) is 0 Å². The standard InChI is InChI=1S/C16H17BrOS/c17-14-11-19-10-13(14)15(18)16(8-4-5-9-16)12-6-2-1-3-7-12/h1-3,6-7,10-11,15,18H,4-5,8-9H2. The van der Waals surface area contributed by atoms with Crippen LogP contribution in [0.15, 0.2) is 45.6 Å². The van der Waals surface area contributed by atoms with Gasteiger partial charge in [-0.25, -0.2) is 0 Å². The fourth-order valence-corrected chi connectivity index (χ4v) is 4.81. The summed E-state index contributed by atoms with van der Waals surface area (Å²) < 4.78 is 1.03. The van der Waals surface area contributed by atoms with E-state index in [9.17, 15) is 5.11 Å². The lowest BCUT2D eigenvalue weighted by atomic mass is 9.72. The zero-order valence-corrected chi connectivity index (χ0v) is 13.1. The highest BCUT2D eigenvalue weighted by Gasteiger charge is 2.43. The van der Waals surface area contributed by atoms with E-state index in [0.29, 0.717) is 0 Å². The number of thiophene rings is 1. The predicted molar refractivity (Wildman–Crippen MR) is 83.6 cm³/mol. The number of hydrogen-bond donors (Lipinski definition) is 1. The van der Waals surface area contributed by atoms with Crippen LogP contribution in [0.1, 0.15) is 42.9 Å². The Morgan fingerprint density at radius 2 is 1.79 bits per heavy atom. The van der Waals surface area contributed by atoms with Crippen LogP contribution < -0.4 is 0 Å². The van der Waals surface area contributed by atoms with E-state index in [1.807, 2.05) is 11.4 Å². The smallest absolute Gasteiger partial charge is 0.0905 e. The molecule has 0 spiro atoms. The van der Waals surface area contributed by atoms with Gasteiger partial charge in [-0.3, -0.25) is 0 Å². The second kappa shape index (κ2) is 5.39. The first-order valence-corrected chi connectivity index (χ1v) is 8.43. The normalized spacial score (nSPS) is 19.5. The molecule has 1 nitrogen and oxygen atoms in total. The molecule has 0 radical (unpaired) electrons. The highest BCUT2D eigenvalue weighted by Crippen LogP contribution is 2.51. The van der Waals surface area contributed by atoms with Crippen molar-refractivity contribution in [2.45, 2.75) is 37.2 Å². The lowest BCUT2D eigenvalue weighted by molar-refractivity contribution is 0.0820. The maximum Gasteiger partial charge on any atom is 0.0905 e. The van der Waals surface area contributed by atoms with E-state index in [1.165, 1.54) is 18.4 Å². The number of rotatable bonds is 3. The molecule has 0 aliphatic heterocycles. The fourth-order valence-electron chi connectivity index (χ4n) is 3.28. The zero-order valence-electron chi connectivity index (χ0n) is 10.7. The molecule has 0 amide bonds. The molecule has 1 unspecified atom stereocenters. The SMILES string of the molecule is OC(c1cscc1Br)C1(c2ccccc2)CCCC1. The Hall–Kier alpha value is -0.640. The van der Waals surface area contributed by atoms with Crippen molar-refractivity contribution >= 4 is 27.3 Å². The van der Waals surface area contributed by atoms with Gasteiger partial charge in [0.05, 0.1) is 6.10 Å². The number of aliphatic hydroxyl groups is 1. The largest absolute Gasteiger partial charge is 0.387 e. The Morgan fingerprint density at radius 3 is 2.37 bits per heavy atom. The van der Waals surface area contributed by atoms with Crippen molar-refractivity contribution < 1.29 is 5.11 Å². The molecule has 1 aromatic carbocycles. The lowest BCUT2D eigenvalue weighted by Gasteiger charge is -2.35. The second-order valence-corrected chi connectivity index (χ2v) is 6.90. The second-order valence-electron chi connectivity index (χ2n) is 5.31. The molecule has 1 heterocycles. The van der Waals surface area contributed by atoms with Crippen LogP contribution >= 0.6 is 27.3 Å². The number of aliphatic hydroxyl groups excluding tert-OH is 1. The van der Waals surface area contributed by atoms with Crippen molar-refractivity contribution in [3.05, 3.63) is 56.7 Å². The number of benzene rings is 1. The first-order valence-electron chi connectivity index (χ1n) is 6.69. The average Bonchev–Trinajstić information content (AvgIpc) is 3.08. The third kappa shape index (κ3) is 2.28. The van der Waals surface area contributed by atoms with E-state index in [2.05, 4.69) is 45.6 Å². The Morgan fingerprint density at radius 1 is 1.11 bits per heavy atom. The molecule has 1 saturated carbocycles. The van der Waals surface area contributed by atoms with Crippen LogP contribution in [0.25, 0.3) is 0 Å². The van der Waals surface area contributed by atoms with Crippen LogP contribution in [-0.4, -0.2) is 5.11 Å². The molecular weight excluding hydrogens is 320 g/mol. The van der Waals surface area contributed by atoms with Gasteiger partial charge in [0.1, 0.15) is 0 Å². The Labute approximate surface area is 126 Å². The maximum atomic E-state index is 11.0. The lowest BCUT2D eigenvalue weighted by Crippen LogP contribution is -2.30. The summed E-state index contributed by atoms with van der Waals surface area (Å²) in [6, 6.07) is 10.5. The summed E-state index contributed by atoms with van der Waals surface area (Å²) in [4.78, 5) is 0. The van der Waals surface area contributed by atoms with Crippen molar-refractivity contribution in [3.63, 3.8) is 0 Å². The van der Waals surface area contributed by atoms with E-state index >= 15 is 0 Å². The van der Waals surface area contributed by atoms with Crippen LogP contribution in [0.4, 0.5) is 0 Å². The van der Waals surface area contributed by atoms with Crippen LogP contribution in [0.2, 0.25) is 0 Å². The Kier molecular flexibility index (Phi) is 3.79. The molecule has 1 N–H and O–H groups in total. The zero-order chi connectivity index (χ0) is 13.3. The summed E-state index contributed by atoms with van der Waals surface area (Å²) in [6.45, 7) is 0. The minimum atomic E-state index is -0.418. The van der Waals surface area contributed by atoms with E-state index in [4.69, 9.17) is 0 Å². The third-order valence-electron chi connectivity index (χ3n) is 4.30. The van der Waals surface area contributed by atoms with Crippen LogP contribution in [0.5, 0.6) is 0 Å². The first-order chi connectivity index (χ1) is 9.24. The van der Waals surface area contributed by atoms with Gasteiger partial charge in [0.25, 0.3) is 0 Å². The molecule has 1 aliphatic carbocycles. The summed E-state index contributed by atoms with van der Waals surface area (Å²) in [5.41, 5.74) is 2.21. The minimum absolute atomic E-state index is 0.106. The molecule has 0 bridgehead atoms. The third-order valence-corrected chi connectivity index (χ3v) is 6.06. The number of halogens is 1. The topological polar surface area (TPSA) is 20.2 Å². The molecule has 100 valence electrons. The molecule has 1 fully saturated rings. The van der Waals surface area contributed by atoms with Gasteiger partial charge in [-0.15, -0.1) is 0 Å². The van der Waals surface area contributed by atoms with Crippen LogP contribution in [0, 0.1) is 0 Å². The van der Waals surface area contributed by atoms with Gasteiger partial charge < -0.3 is 5.11 Å². The highest BCUT2D eigenvalue weighted by atomic mass is 79.9. The molecular formula is C16H17BrOS. The summed E-state index contributed by atoms with van der Waals surface area (Å²) in [7, 11) is 0. The molecule has 3 heteroatoms. The quantitative estimate of drug-likeness (QED) is 0.830. The van der Waals surface area contributed by atoms with E-state index < -0.39 is 6.10 Å². The van der Waals surface area contributed by atoms with Crippen molar-refractivity contribution in [2.24, 2.45) is 0 Å². The molecule has 3 rings (SSSR count). The highest BCUT2D eigenvalue weighted by molar-refractivity contribution is 9.10. The predicted octanol–water partition coefficient (Wildman–Crippen LogP) is 5.06. The molecule has 1 atom stereocenters. The monoisotopic (exact) mass is 336 g/mol. The molecule has 1 aliphatic rings. The van der Waals surface area contributed by atoms with Gasteiger partial charge in [0.2, 0.25) is 0 Å². The van der Waals surface area contributed by atoms with E-state index in [1.54, 1.807) is 11.3 Å². The molecule has 0 saturated heterocycles. The Balaban J connectivity index is 2.04. The molecule has 2 aromatic rings. The van der Waals surface area contributed by atoms with Crippen molar-refractivity contribution in [1.29, 1.82) is 0 Å². The van der Waals surface area contributed by atoms with E-state index in [0.717, 1.165) is 22.9 Å². The molecule has 19 heavy (non-hydrogen) atoms. The van der Waals surface area contributed by atoms with Gasteiger partial charge in [-0.05, 0) is 39.7 Å². The van der Waals surface area contributed by atoms with Crippen molar-refractivity contribution in [3.8, 4) is 0 Å². The maximum absolute atomic E-state index is 11.0. The van der Waals surface area contributed by atoms with Crippen LogP contribution in [-0.2, 0) is 5.41 Å². The summed E-state index contributed by atoms with van der Waals surface area (Å²) >= 11 is 5.20. The molecule has 1 aromatic heterocycles. The summed E-state index contributed by atoms with van der Waals surface area (Å²) in [5.74, 6) is 0. The van der Waals surface area contributed by atoms with Crippen molar-refractivity contribution in [1.82, 2.24) is 0 Å². The number of hydrogen-bond acceptors (Lipinski definition) is 2. The van der Waals surface area contributed by atoms with E-state index in [-0.39, 0.29) is 5.41 Å².